The number of aliphatic hydroxyl groups excluding tert-OH is 1. The first kappa shape index (κ1) is 25.4. The molecule has 3 aromatic rings. The number of thioether (sulfide) groups is 1. The molecule has 0 spiro atoms. The molecular formula is C27H33N3O4S. The molecule has 0 bridgehead atoms. The molecule has 186 valence electrons. The van der Waals surface area contributed by atoms with E-state index in [0.717, 1.165) is 65.5 Å². The zero-order valence-corrected chi connectivity index (χ0v) is 20.9. The number of fused-ring (bicyclic) bond motifs is 1. The van der Waals surface area contributed by atoms with Gasteiger partial charge in [0.15, 0.2) is 0 Å². The Morgan fingerprint density at radius 1 is 1.20 bits per heavy atom. The quantitative estimate of drug-likeness (QED) is 0.371. The van der Waals surface area contributed by atoms with Crippen LogP contribution in [0, 0.1) is 11.8 Å². The van der Waals surface area contributed by atoms with Crippen LogP contribution in [0.25, 0.3) is 10.9 Å². The summed E-state index contributed by atoms with van der Waals surface area (Å²) >= 11 is 1.73. The molecule has 7 nitrogen and oxygen atoms in total. The maximum absolute atomic E-state index is 11.6. The SMILES string of the molecule is COc1ccc2nccc([C@@H](O)CC[C@@H]3CCN(CCSc4ccccn4)C[C@@H]3CC(=O)O)c2c1. The van der Waals surface area contributed by atoms with Gasteiger partial charge < -0.3 is 19.8 Å². The van der Waals surface area contributed by atoms with Crippen molar-refractivity contribution in [2.75, 3.05) is 32.5 Å². The second-order valence-corrected chi connectivity index (χ2v) is 10.2. The average molecular weight is 496 g/mol. The Morgan fingerprint density at radius 2 is 2.09 bits per heavy atom. The van der Waals surface area contributed by atoms with E-state index in [1.54, 1.807) is 31.3 Å². The Balaban J connectivity index is 1.35. The van der Waals surface area contributed by atoms with Gasteiger partial charge in [-0.05, 0) is 79.6 Å². The van der Waals surface area contributed by atoms with Crippen LogP contribution in [0.5, 0.6) is 5.75 Å². The van der Waals surface area contributed by atoms with E-state index in [0.29, 0.717) is 6.42 Å². The molecule has 0 amide bonds. The molecule has 0 aliphatic carbocycles. The molecule has 2 aromatic heterocycles. The van der Waals surface area contributed by atoms with Gasteiger partial charge in [0.25, 0.3) is 0 Å². The lowest BCUT2D eigenvalue weighted by Gasteiger charge is -2.38. The molecule has 1 aromatic carbocycles. The molecule has 3 heterocycles. The molecule has 35 heavy (non-hydrogen) atoms. The molecule has 4 rings (SSSR count). The van der Waals surface area contributed by atoms with Gasteiger partial charge in [0.1, 0.15) is 5.75 Å². The van der Waals surface area contributed by atoms with Gasteiger partial charge in [-0.3, -0.25) is 9.78 Å². The lowest BCUT2D eigenvalue weighted by molar-refractivity contribution is -0.139. The van der Waals surface area contributed by atoms with Crippen molar-refractivity contribution in [3.63, 3.8) is 0 Å². The topological polar surface area (TPSA) is 95.8 Å². The van der Waals surface area contributed by atoms with Gasteiger partial charge >= 0.3 is 5.97 Å². The number of carboxylic acids is 1. The van der Waals surface area contributed by atoms with Crippen molar-refractivity contribution in [3.8, 4) is 5.75 Å². The Hall–Kier alpha value is -2.68. The number of aliphatic hydroxyl groups is 1. The fraction of sp³-hybridized carbons (Fsp3) is 0.444. The first-order valence-corrected chi connectivity index (χ1v) is 13.1. The summed E-state index contributed by atoms with van der Waals surface area (Å²) in [6.07, 6.45) is 5.39. The molecule has 8 heteroatoms. The van der Waals surface area contributed by atoms with E-state index in [1.807, 2.05) is 42.5 Å². The minimum atomic E-state index is -0.752. The normalized spacial score (nSPS) is 19.5. The molecule has 1 aliphatic rings. The van der Waals surface area contributed by atoms with E-state index in [1.165, 1.54) is 0 Å². The lowest BCUT2D eigenvalue weighted by atomic mass is 9.79. The Morgan fingerprint density at radius 3 is 2.86 bits per heavy atom. The Kier molecular flexibility index (Phi) is 8.95. The van der Waals surface area contributed by atoms with Crippen LogP contribution in [-0.4, -0.2) is 63.5 Å². The third-order valence-electron chi connectivity index (χ3n) is 6.86. The van der Waals surface area contributed by atoms with Crippen LogP contribution >= 0.6 is 11.8 Å². The number of aromatic nitrogens is 2. The van der Waals surface area contributed by atoms with Crippen molar-refractivity contribution in [2.24, 2.45) is 11.8 Å². The van der Waals surface area contributed by atoms with Gasteiger partial charge in [-0.1, -0.05) is 6.07 Å². The number of pyridine rings is 2. The first-order valence-electron chi connectivity index (χ1n) is 12.1. The molecular weight excluding hydrogens is 462 g/mol. The standard InChI is InChI=1S/C27H33N3O4S/c1-34-21-6-7-24-23(17-21)22(9-12-28-24)25(31)8-5-19-10-13-30(18-20(19)16-27(32)33)14-15-35-26-4-2-3-11-29-26/h2-4,6-7,9,11-12,17,19-20,25,31H,5,8,10,13-16,18H2,1H3,(H,32,33)/t19-,20+,25+/m1/s1. The van der Waals surface area contributed by atoms with Crippen molar-refractivity contribution in [2.45, 2.75) is 36.8 Å². The molecule has 0 radical (unpaired) electrons. The highest BCUT2D eigenvalue weighted by Crippen LogP contribution is 2.35. The second kappa shape index (κ2) is 12.3. The maximum Gasteiger partial charge on any atom is 0.303 e. The fourth-order valence-electron chi connectivity index (χ4n) is 5.00. The largest absolute Gasteiger partial charge is 0.497 e. The predicted octanol–water partition coefficient (Wildman–Crippen LogP) is 4.66. The number of hydrogen-bond donors (Lipinski definition) is 2. The summed E-state index contributed by atoms with van der Waals surface area (Å²) in [6.45, 7) is 2.65. The second-order valence-electron chi connectivity index (χ2n) is 9.10. The number of methoxy groups -OCH3 is 1. The van der Waals surface area contributed by atoms with Crippen LogP contribution in [0.3, 0.4) is 0 Å². The lowest BCUT2D eigenvalue weighted by Crippen LogP contribution is -2.42. The number of hydrogen-bond acceptors (Lipinski definition) is 7. The summed E-state index contributed by atoms with van der Waals surface area (Å²) in [4.78, 5) is 22.7. The fourth-order valence-corrected chi connectivity index (χ4v) is 5.87. The number of carbonyl (C=O) groups is 1. The highest BCUT2D eigenvalue weighted by Gasteiger charge is 2.31. The number of aliphatic carboxylic acids is 1. The molecule has 1 saturated heterocycles. The summed E-state index contributed by atoms with van der Waals surface area (Å²) in [5.74, 6) is 1.27. The summed E-state index contributed by atoms with van der Waals surface area (Å²) in [5.41, 5.74) is 1.66. The van der Waals surface area contributed by atoms with Crippen molar-refractivity contribution >= 4 is 28.6 Å². The molecule has 1 aliphatic heterocycles. The summed E-state index contributed by atoms with van der Waals surface area (Å²) in [6, 6.07) is 13.5. The van der Waals surface area contributed by atoms with Gasteiger partial charge in [0.05, 0.1) is 23.8 Å². The zero-order chi connectivity index (χ0) is 24.6. The number of nitrogens with zero attached hydrogens (tertiary/aromatic N) is 3. The highest BCUT2D eigenvalue weighted by atomic mass is 32.2. The van der Waals surface area contributed by atoms with Gasteiger partial charge in [0, 0.05) is 43.0 Å². The van der Waals surface area contributed by atoms with Crippen LogP contribution < -0.4 is 4.74 Å². The molecule has 0 saturated carbocycles. The van der Waals surface area contributed by atoms with Crippen LogP contribution in [-0.2, 0) is 4.79 Å². The van der Waals surface area contributed by atoms with Gasteiger partial charge in [0.2, 0.25) is 0 Å². The molecule has 2 N–H and O–H groups in total. The molecule has 0 unspecified atom stereocenters. The number of benzene rings is 1. The minimum absolute atomic E-state index is 0.0857. The zero-order valence-electron chi connectivity index (χ0n) is 20.0. The van der Waals surface area contributed by atoms with Crippen molar-refractivity contribution < 1.29 is 19.7 Å². The predicted molar refractivity (Wildman–Crippen MR) is 138 cm³/mol. The van der Waals surface area contributed by atoms with Gasteiger partial charge in [-0.25, -0.2) is 4.98 Å². The number of rotatable bonds is 11. The molecule has 1 fully saturated rings. The van der Waals surface area contributed by atoms with E-state index in [4.69, 9.17) is 4.74 Å². The Labute approximate surface area is 210 Å². The number of piperidine rings is 1. The van der Waals surface area contributed by atoms with Crippen LogP contribution in [0.4, 0.5) is 0 Å². The first-order chi connectivity index (χ1) is 17.0. The summed E-state index contributed by atoms with van der Waals surface area (Å²) < 4.78 is 5.35. The monoisotopic (exact) mass is 495 g/mol. The van der Waals surface area contributed by atoms with Crippen molar-refractivity contribution in [1.82, 2.24) is 14.9 Å². The van der Waals surface area contributed by atoms with Gasteiger partial charge in [-0.2, -0.15) is 0 Å². The van der Waals surface area contributed by atoms with E-state index < -0.39 is 12.1 Å². The van der Waals surface area contributed by atoms with E-state index in [2.05, 4.69) is 14.9 Å². The third-order valence-corrected chi connectivity index (χ3v) is 7.78. The smallest absolute Gasteiger partial charge is 0.303 e. The number of likely N-dealkylation sites (tertiary alicyclic amines) is 1. The van der Waals surface area contributed by atoms with Gasteiger partial charge in [-0.15, -0.1) is 11.8 Å². The summed E-state index contributed by atoms with van der Waals surface area (Å²) in [5, 5.41) is 22.5. The maximum atomic E-state index is 11.6. The minimum Gasteiger partial charge on any atom is -0.497 e. The molecule has 3 atom stereocenters. The van der Waals surface area contributed by atoms with Crippen molar-refractivity contribution in [3.05, 3.63) is 60.4 Å². The Bertz CT molecular complexity index is 1110. The summed E-state index contributed by atoms with van der Waals surface area (Å²) in [7, 11) is 1.62. The third kappa shape index (κ3) is 6.93. The van der Waals surface area contributed by atoms with Crippen LogP contribution in [0.15, 0.2) is 59.9 Å². The van der Waals surface area contributed by atoms with E-state index in [-0.39, 0.29) is 18.3 Å². The number of carboxylic acid groups (broad SMARTS) is 1. The number of ether oxygens (including phenoxy) is 1. The van der Waals surface area contributed by atoms with Crippen LogP contribution in [0.1, 0.15) is 37.4 Å². The average Bonchev–Trinajstić information content (AvgIpc) is 2.87. The van der Waals surface area contributed by atoms with E-state index in [9.17, 15) is 15.0 Å². The van der Waals surface area contributed by atoms with Crippen molar-refractivity contribution in [1.29, 1.82) is 0 Å². The van der Waals surface area contributed by atoms with Crippen LogP contribution in [0.2, 0.25) is 0 Å². The van der Waals surface area contributed by atoms with E-state index >= 15 is 0 Å². The highest BCUT2D eigenvalue weighted by molar-refractivity contribution is 7.99.